The first-order valence-electron chi connectivity index (χ1n) is 11.1. The minimum Gasteiger partial charge on any atom is -0.366 e. The summed E-state index contributed by atoms with van der Waals surface area (Å²) in [7, 11) is 0. The van der Waals surface area contributed by atoms with Crippen molar-refractivity contribution in [3.63, 3.8) is 0 Å². The quantitative estimate of drug-likeness (QED) is 0.579. The maximum absolute atomic E-state index is 12.7. The van der Waals surface area contributed by atoms with Crippen molar-refractivity contribution in [2.24, 2.45) is 5.73 Å². The molecule has 1 aliphatic rings. The van der Waals surface area contributed by atoms with E-state index in [-0.39, 0.29) is 24.2 Å². The second kappa shape index (κ2) is 9.77. The van der Waals surface area contributed by atoms with E-state index in [1.54, 1.807) is 12.1 Å². The molecule has 0 unspecified atom stereocenters. The van der Waals surface area contributed by atoms with E-state index in [0.717, 1.165) is 28.7 Å². The minimum absolute atomic E-state index is 0.0231. The monoisotopic (exact) mass is 445 g/mol. The molecule has 0 saturated carbocycles. The number of amides is 3. The Hall–Kier alpha value is -3.81. The number of aromatic nitrogens is 2. The first kappa shape index (κ1) is 22.4. The summed E-state index contributed by atoms with van der Waals surface area (Å²) in [5.41, 5.74) is 8.38. The van der Waals surface area contributed by atoms with Gasteiger partial charge in [0, 0.05) is 48.6 Å². The van der Waals surface area contributed by atoms with Crippen LogP contribution in [0.3, 0.4) is 0 Å². The van der Waals surface area contributed by atoms with E-state index in [1.807, 2.05) is 48.2 Å². The summed E-state index contributed by atoms with van der Waals surface area (Å²) in [6.45, 7) is 3.03. The van der Waals surface area contributed by atoms with Crippen LogP contribution in [-0.4, -0.2) is 45.7 Å². The van der Waals surface area contributed by atoms with Crippen LogP contribution >= 0.6 is 0 Å². The van der Waals surface area contributed by atoms with Gasteiger partial charge < -0.3 is 16.0 Å². The third kappa shape index (κ3) is 5.34. The predicted molar refractivity (Wildman–Crippen MR) is 126 cm³/mol. The van der Waals surface area contributed by atoms with Gasteiger partial charge in [-0.25, -0.2) is 4.98 Å². The Balaban J connectivity index is 1.32. The number of para-hydroxylation sites is 1. The van der Waals surface area contributed by atoms with Crippen LogP contribution in [0.1, 0.15) is 53.3 Å². The van der Waals surface area contributed by atoms with Crippen molar-refractivity contribution in [1.82, 2.24) is 14.9 Å². The molecule has 0 aliphatic carbocycles. The normalized spacial score (nSPS) is 15.5. The highest BCUT2D eigenvalue weighted by molar-refractivity contribution is 6.05. The van der Waals surface area contributed by atoms with Gasteiger partial charge in [0.25, 0.3) is 0 Å². The zero-order valence-electron chi connectivity index (χ0n) is 18.6. The van der Waals surface area contributed by atoms with Gasteiger partial charge in [-0.15, -0.1) is 0 Å². The molecule has 4 rings (SSSR count). The first-order valence-corrected chi connectivity index (χ1v) is 11.1. The summed E-state index contributed by atoms with van der Waals surface area (Å²) in [6.07, 6.45) is 1.80. The molecular formula is C25H27N5O3. The maximum atomic E-state index is 12.7. The Morgan fingerprint density at radius 3 is 2.70 bits per heavy atom. The Kier molecular flexibility index (Phi) is 6.63. The first-order chi connectivity index (χ1) is 15.9. The molecule has 170 valence electrons. The topological polar surface area (TPSA) is 118 Å². The van der Waals surface area contributed by atoms with E-state index in [1.165, 1.54) is 0 Å². The summed E-state index contributed by atoms with van der Waals surface area (Å²) in [5.74, 6) is -0.0476. The summed E-state index contributed by atoms with van der Waals surface area (Å²) in [4.78, 5) is 47.6. The molecule has 3 amide bonds. The molecule has 2 aromatic heterocycles. The van der Waals surface area contributed by atoms with Gasteiger partial charge in [-0.3, -0.25) is 19.4 Å². The zero-order valence-corrected chi connectivity index (χ0v) is 18.6. The molecular weight excluding hydrogens is 418 g/mol. The molecule has 33 heavy (non-hydrogen) atoms. The number of likely N-dealkylation sites (tertiary alicyclic amines) is 1. The number of carbonyl (C=O) groups excluding carboxylic acids is 3. The molecule has 8 heteroatoms. The average molecular weight is 446 g/mol. The van der Waals surface area contributed by atoms with Gasteiger partial charge >= 0.3 is 0 Å². The lowest BCUT2D eigenvalue weighted by molar-refractivity contribution is -0.130. The number of hydrogen-bond acceptors (Lipinski definition) is 5. The van der Waals surface area contributed by atoms with Crippen molar-refractivity contribution in [3.8, 4) is 0 Å². The fraction of sp³-hybridized carbons (Fsp3) is 0.320. The lowest BCUT2D eigenvalue weighted by atomic mass is 9.99. The lowest BCUT2D eigenvalue weighted by Crippen LogP contribution is -2.28. The van der Waals surface area contributed by atoms with E-state index >= 15 is 0 Å². The summed E-state index contributed by atoms with van der Waals surface area (Å²) in [6, 6.07) is 14.6. The maximum Gasteiger partial charge on any atom is 0.249 e. The Bertz CT molecular complexity index is 1210. The van der Waals surface area contributed by atoms with Gasteiger partial charge in [-0.05, 0) is 44.0 Å². The number of nitrogens with one attached hydrogen (secondary N) is 1. The van der Waals surface area contributed by atoms with Crippen LogP contribution in [0.5, 0.6) is 0 Å². The molecule has 0 radical (unpaired) electrons. The van der Waals surface area contributed by atoms with Crippen LogP contribution in [0.15, 0.2) is 48.5 Å². The number of hydrogen-bond donors (Lipinski definition) is 2. The third-order valence-electron chi connectivity index (χ3n) is 5.91. The number of nitrogens with zero attached hydrogens (tertiary/aromatic N) is 3. The molecule has 1 atom stereocenters. The van der Waals surface area contributed by atoms with Crippen LogP contribution < -0.4 is 11.1 Å². The van der Waals surface area contributed by atoms with Gasteiger partial charge in [-0.1, -0.05) is 24.3 Å². The number of benzene rings is 1. The molecule has 8 nitrogen and oxygen atoms in total. The van der Waals surface area contributed by atoms with Gasteiger partial charge in [0.15, 0.2) is 0 Å². The number of fused-ring (bicyclic) bond motifs is 1. The highest BCUT2D eigenvalue weighted by atomic mass is 16.2. The van der Waals surface area contributed by atoms with E-state index in [4.69, 9.17) is 10.7 Å². The Labute approximate surface area is 192 Å². The largest absolute Gasteiger partial charge is 0.366 e. The fourth-order valence-electron chi connectivity index (χ4n) is 4.21. The van der Waals surface area contributed by atoms with Crippen molar-refractivity contribution >= 4 is 34.4 Å². The molecule has 0 bridgehead atoms. The van der Waals surface area contributed by atoms with Crippen LogP contribution in [0, 0.1) is 6.92 Å². The molecule has 3 aromatic rings. The van der Waals surface area contributed by atoms with E-state index in [0.29, 0.717) is 37.3 Å². The molecule has 3 heterocycles. The second-order valence-corrected chi connectivity index (χ2v) is 8.37. The van der Waals surface area contributed by atoms with Crippen molar-refractivity contribution in [1.29, 1.82) is 0 Å². The summed E-state index contributed by atoms with van der Waals surface area (Å²) in [5, 5.41) is 3.50. The average Bonchev–Trinajstić information content (AvgIpc) is 3.28. The Morgan fingerprint density at radius 2 is 1.91 bits per heavy atom. The van der Waals surface area contributed by atoms with Crippen molar-refractivity contribution in [3.05, 3.63) is 65.5 Å². The van der Waals surface area contributed by atoms with Gasteiger partial charge in [-0.2, -0.15) is 0 Å². The SMILES string of the molecule is Cc1cccc(NC(=O)CCCC(=O)N2CC[C@H](c3cc(C(N)=O)c4ccccc4n3)C2)n1. The minimum atomic E-state index is -0.486. The smallest absolute Gasteiger partial charge is 0.249 e. The van der Waals surface area contributed by atoms with Crippen molar-refractivity contribution < 1.29 is 14.4 Å². The number of pyridine rings is 2. The summed E-state index contributed by atoms with van der Waals surface area (Å²) < 4.78 is 0. The summed E-state index contributed by atoms with van der Waals surface area (Å²) >= 11 is 0. The number of carbonyl (C=O) groups is 3. The van der Waals surface area contributed by atoms with Gasteiger partial charge in [0.2, 0.25) is 17.7 Å². The molecule has 3 N–H and O–H groups in total. The van der Waals surface area contributed by atoms with E-state index < -0.39 is 5.91 Å². The highest BCUT2D eigenvalue weighted by Gasteiger charge is 2.29. The molecule has 1 fully saturated rings. The van der Waals surface area contributed by atoms with E-state index in [2.05, 4.69) is 10.3 Å². The number of aryl methyl sites for hydroxylation is 1. The number of nitrogens with two attached hydrogens (primary N) is 1. The van der Waals surface area contributed by atoms with E-state index in [9.17, 15) is 14.4 Å². The second-order valence-electron chi connectivity index (χ2n) is 8.37. The predicted octanol–water partition coefficient (Wildman–Crippen LogP) is 3.16. The fourth-order valence-corrected chi connectivity index (χ4v) is 4.21. The lowest BCUT2D eigenvalue weighted by Gasteiger charge is -2.17. The van der Waals surface area contributed by atoms with Crippen LogP contribution in [0.25, 0.3) is 10.9 Å². The molecule has 0 spiro atoms. The van der Waals surface area contributed by atoms with Crippen molar-refractivity contribution in [2.75, 3.05) is 18.4 Å². The number of primary amides is 1. The van der Waals surface area contributed by atoms with Gasteiger partial charge in [0.05, 0.1) is 11.1 Å². The Morgan fingerprint density at radius 1 is 1.09 bits per heavy atom. The zero-order chi connectivity index (χ0) is 23.4. The molecule has 1 saturated heterocycles. The third-order valence-corrected chi connectivity index (χ3v) is 5.91. The highest BCUT2D eigenvalue weighted by Crippen LogP contribution is 2.29. The molecule has 1 aliphatic heterocycles. The van der Waals surface area contributed by atoms with Gasteiger partial charge in [0.1, 0.15) is 5.82 Å². The van der Waals surface area contributed by atoms with Crippen molar-refractivity contribution in [2.45, 2.75) is 38.5 Å². The number of rotatable bonds is 7. The number of anilines is 1. The van der Waals surface area contributed by atoms with Crippen LogP contribution in [0.2, 0.25) is 0 Å². The standard InChI is InChI=1S/C25H27N5O3/c1-16-6-4-9-22(27-16)29-23(31)10-5-11-24(32)30-13-12-17(15-30)21-14-19(25(26)33)18-7-2-3-8-20(18)28-21/h2-4,6-9,14,17H,5,10-13,15H2,1H3,(H2,26,33)(H,27,29,31)/t17-/m0/s1. The molecule has 1 aromatic carbocycles. The van der Waals surface area contributed by atoms with Crippen LogP contribution in [-0.2, 0) is 9.59 Å². The van der Waals surface area contributed by atoms with Crippen LogP contribution in [0.4, 0.5) is 5.82 Å².